The minimum atomic E-state index is -1.02. The van der Waals surface area contributed by atoms with Crippen LogP contribution in [-0.2, 0) is 9.59 Å². The quantitative estimate of drug-likeness (QED) is 0.565. The Labute approximate surface area is 201 Å². The predicted molar refractivity (Wildman–Crippen MR) is 123 cm³/mol. The van der Waals surface area contributed by atoms with Gasteiger partial charge in [-0.05, 0) is 37.1 Å². The number of carbonyl (C=O) groups is 3. The molecule has 2 aliphatic heterocycles. The molecule has 1 atom stereocenters. The van der Waals surface area contributed by atoms with Crippen LogP contribution in [0.15, 0.2) is 36.1 Å². The average Bonchev–Trinajstić information content (AvgIpc) is 3.47. The van der Waals surface area contributed by atoms with Crippen molar-refractivity contribution in [3.63, 3.8) is 0 Å². The normalized spacial score (nSPS) is 17.7. The average molecular weight is 483 g/mol. The monoisotopic (exact) mass is 483 g/mol. The zero-order chi connectivity index (χ0) is 25.1. The molecule has 1 unspecified atom stereocenters. The highest BCUT2D eigenvalue weighted by Gasteiger charge is 2.34. The summed E-state index contributed by atoms with van der Waals surface area (Å²) in [5.74, 6) is 0.350. The van der Waals surface area contributed by atoms with Gasteiger partial charge in [0.05, 0.1) is 26.9 Å². The van der Waals surface area contributed by atoms with Gasteiger partial charge in [-0.2, -0.15) is 0 Å². The molecule has 0 saturated carbocycles. The van der Waals surface area contributed by atoms with Crippen molar-refractivity contribution >= 4 is 23.7 Å². The molecule has 2 aliphatic rings. The molecule has 4 rings (SSSR count). The van der Waals surface area contributed by atoms with E-state index in [-0.39, 0.29) is 23.9 Å². The number of allylic oxidation sites excluding steroid dienone is 1. The Morgan fingerprint density at radius 3 is 2.49 bits per heavy atom. The molecule has 10 nitrogen and oxygen atoms in total. The molecule has 0 radical (unpaired) electrons. The zero-order valence-electron chi connectivity index (χ0n) is 19.5. The fourth-order valence-electron chi connectivity index (χ4n) is 4.11. The first-order valence-corrected chi connectivity index (χ1v) is 10.9. The lowest BCUT2D eigenvalue weighted by atomic mass is 10.1. The Morgan fingerprint density at radius 1 is 1.09 bits per heavy atom. The number of ketones is 1. The van der Waals surface area contributed by atoms with Gasteiger partial charge in [0.15, 0.2) is 23.9 Å². The smallest absolute Gasteiger partial charge is 0.326 e. The number of rotatable bonds is 8. The molecule has 2 aromatic carbocycles. The van der Waals surface area contributed by atoms with Crippen molar-refractivity contribution in [3.8, 4) is 28.7 Å². The molecule has 1 fully saturated rings. The van der Waals surface area contributed by atoms with Crippen molar-refractivity contribution in [2.75, 3.05) is 34.5 Å². The first kappa shape index (κ1) is 23.9. The molecule has 184 valence electrons. The molecule has 2 heterocycles. The lowest BCUT2D eigenvalue weighted by molar-refractivity contribution is -0.148. The van der Waals surface area contributed by atoms with Gasteiger partial charge in [-0.3, -0.25) is 9.59 Å². The van der Waals surface area contributed by atoms with Crippen LogP contribution >= 0.6 is 0 Å². The van der Waals surface area contributed by atoms with Gasteiger partial charge in [0.2, 0.25) is 5.78 Å². The molecule has 0 aromatic heterocycles. The van der Waals surface area contributed by atoms with Crippen molar-refractivity contribution in [1.82, 2.24) is 4.90 Å². The minimum Gasteiger partial charge on any atom is -0.496 e. The largest absolute Gasteiger partial charge is 0.496 e. The van der Waals surface area contributed by atoms with Gasteiger partial charge in [0, 0.05) is 24.2 Å². The third-order valence-electron chi connectivity index (χ3n) is 5.88. The van der Waals surface area contributed by atoms with Crippen LogP contribution in [0.5, 0.6) is 28.7 Å². The number of amides is 1. The number of hydrogen-bond donors (Lipinski definition) is 1. The number of aliphatic carboxylic acids is 1. The number of carboxylic acids is 1. The van der Waals surface area contributed by atoms with E-state index in [2.05, 4.69) is 0 Å². The Kier molecular flexibility index (Phi) is 6.81. The highest BCUT2D eigenvalue weighted by molar-refractivity contribution is 6.14. The number of ether oxygens (including phenoxy) is 5. The highest BCUT2D eigenvalue weighted by atomic mass is 16.5. The number of methoxy groups -OCH3 is 3. The molecular formula is C25H25NO9. The molecule has 0 spiro atoms. The van der Waals surface area contributed by atoms with Gasteiger partial charge < -0.3 is 33.7 Å². The van der Waals surface area contributed by atoms with Crippen molar-refractivity contribution in [2.24, 2.45) is 0 Å². The Bertz CT molecular complexity index is 1200. The van der Waals surface area contributed by atoms with E-state index in [0.29, 0.717) is 53.5 Å². The van der Waals surface area contributed by atoms with E-state index in [1.165, 1.54) is 32.3 Å². The number of carboxylic acid groups (broad SMARTS) is 1. The summed E-state index contributed by atoms with van der Waals surface area (Å²) in [5.41, 5.74) is 0.904. The van der Waals surface area contributed by atoms with Crippen LogP contribution in [-0.4, -0.2) is 68.2 Å². The standard InChI is InChI=1S/C25H25NO9/c1-31-18-12-21(33-3)20(32-2)9-14(18)10-22-24(28)16-7-6-15(11-19(16)35-22)34-13-23(27)26-8-4-5-17(26)25(29)30/h6-7,9-12,17H,4-5,8,13H2,1-3H3,(H,29,30). The molecule has 0 aliphatic carbocycles. The number of Topliss-reactive ketones (excluding diaryl/α,β-unsaturated/α-hetero) is 1. The van der Waals surface area contributed by atoms with Crippen LogP contribution in [0.3, 0.4) is 0 Å². The first-order chi connectivity index (χ1) is 16.9. The van der Waals surface area contributed by atoms with Crippen molar-refractivity contribution in [3.05, 3.63) is 47.2 Å². The molecule has 0 bridgehead atoms. The van der Waals surface area contributed by atoms with E-state index in [4.69, 9.17) is 23.7 Å². The topological polar surface area (TPSA) is 121 Å². The maximum atomic E-state index is 12.9. The van der Waals surface area contributed by atoms with Crippen LogP contribution in [0, 0.1) is 0 Å². The summed E-state index contributed by atoms with van der Waals surface area (Å²) in [6.45, 7) is 0.0662. The second-order valence-electron chi connectivity index (χ2n) is 7.92. The first-order valence-electron chi connectivity index (χ1n) is 10.9. The fraction of sp³-hybridized carbons (Fsp3) is 0.320. The summed E-state index contributed by atoms with van der Waals surface area (Å²) in [7, 11) is 4.52. The summed E-state index contributed by atoms with van der Waals surface area (Å²) < 4.78 is 27.4. The minimum absolute atomic E-state index is 0.0834. The molecule has 2 aromatic rings. The van der Waals surface area contributed by atoms with Gasteiger partial charge in [0.25, 0.3) is 5.91 Å². The van der Waals surface area contributed by atoms with Gasteiger partial charge in [-0.1, -0.05) is 0 Å². The number of likely N-dealkylation sites (tertiary alicyclic amines) is 1. The van der Waals surface area contributed by atoms with Crippen LogP contribution < -0.4 is 23.7 Å². The lowest BCUT2D eigenvalue weighted by Crippen LogP contribution is -2.42. The molecule has 1 saturated heterocycles. The summed E-state index contributed by atoms with van der Waals surface area (Å²) >= 11 is 0. The number of hydrogen-bond acceptors (Lipinski definition) is 8. The summed E-state index contributed by atoms with van der Waals surface area (Å²) in [5, 5.41) is 9.26. The molecular weight excluding hydrogens is 458 g/mol. The molecule has 1 N–H and O–H groups in total. The third-order valence-corrected chi connectivity index (χ3v) is 5.88. The third kappa shape index (κ3) is 4.72. The van der Waals surface area contributed by atoms with Crippen molar-refractivity contribution in [2.45, 2.75) is 18.9 Å². The second-order valence-corrected chi connectivity index (χ2v) is 7.92. The van der Waals surface area contributed by atoms with Crippen LogP contribution in [0.25, 0.3) is 6.08 Å². The van der Waals surface area contributed by atoms with E-state index in [1.807, 2.05) is 0 Å². The van der Waals surface area contributed by atoms with Gasteiger partial charge in [-0.25, -0.2) is 4.79 Å². The van der Waals surface area contributed by atoms with Gasteiger partial charge in [-0.15, -0.1) is 0 Å². The number of carbonyl (C=O) groups excluding carboxylic acids is 2. The SMILES string of the molecule is COc1cc(OC)c(OC)cc1C=C1Oc2cc(OCC(=O)N3CCCC3C(=O)O)ccc2C1=O. The van der Waals surface area contributed by atoms with Crippen LogP contribution in [0.4, 0.5) is 0 Å². The maximum absolute atomic E-state index is 12.9. The Balaban J connectivity index is 1.50. The Hall–Kier alpha value is -4.21. The molecule has 1 amide bonds. The van der Waals surface area contributed by atoms with Crippen molar-refractivity contribution in [1.29, 1.82) is 0 Å². The maximum Gasteiger partial charge on any atom is 0.326 e. The predicted octanol–water partition coefficient (Wildman–Crippen LogP) is 2.78. The highest BCUT2D eigenvalue weighted by Crippen LogP contribution is 2.39. The van der Waals surface area contributed by atoms with Gasteiger partial charge >= 0.3 is 5.97 Å². The number of benzene rings is 2. The number of fused-ring (bicyclic) bond motifs is 1. The summed E-state index contributed by atoms with van der Waals surface area (Å²) in [6.07, 6.45) is 2.61. The molecule has 35 heavy (non-hydrogen) atoms. The van der Waals surface area contributed by atoms with E-state index < -0.39 is 17.9 Å². The van der Waals surface area contributed by atoms with E-state index in [1.54, 1.807) is 30.3 Å². The van der Waals surface area contributed by atoms with Crippen molar-refractivity contribution < 1.29 is 43.2 Å². The van der Waals surface area contributed by atoms with Crippen LogP contribution in [0.1, 0.15) is 28.8 Å². The zero-order valence-corrected chi connectivity index (χ0v) is 19.5. The summed E-state index contributed by atoms with van der Waals surface area (Å²) in [6, 6.07) is 7.13. The van der Waals surface area contributed by atoms with Crippen LogP contribution in [0.2, 0.25) is 0 Å². The van der Waals surface area contributed by atoms with E-state index >= 15 is 0 Å². The lowest BCUT2D eigenvalue weighted by Gasteiger charge is -2.21. The van der Waals surface area contributed by atoms with E-state index in [0.717, 1.165) is 0 Å². The Morgan fingerprint density at radius 2 is 1.80 bits per heavy atom. The number of nitrogens with zero attached hydrogens (tertiary/aromatic N) is 1. The van der Waals surface area contributed by atoms with E-state index in [9.17, 15) is 19.5 Å². The molecule has 10 heteroatoms. The fourth-order valence-corrected chi connectivity index (χ4v) is 4.11. The van der Waals surface area contributed by atoms with Gasteiger partial charge in [0.1, 0.15) is 23.3 Å². The summed E-state index contributed by atoms with van der Waals surface area (Å²) in [4.78, 5) is 37.9. The second kappa shape index (κ2) is 9.96.